The molecule has 1 unspecified atom stereocenters. The third-order valence-corrected chi connectivity index (χ3v) is 3.03. The summed E-state index contributed by atoms with van der Waals surface area (Å²) in [7, 11) is 0.781. The highest BCUT2D eigenvalue weighted by Crippen LogP contribution is 2.35. The molecule has 0 radical (unpaired) electrons. The number of hydrogen-bond donors (Lipinski definition) is 0. The summed E-state index contributed by atoms with van der Waals surface area (Å²) in [5.74, 6) is 2.21. The first-order valence-electron chi connectivity index (χ1n) is 4.32. The van der Waals surface area contributed by atoms with E-state index in [1.54, 1.807) is 0 Å². The molecule has 0 spiro atoms. The number of allylic oxidation sites excluding steroid dienone is 4. The number of hydrogen-bond acceptors (Lipinski definition) is 0. The van der Waals surface area contributed by atoms with Gasteiger partial charge < -0.3 is 0 Å². The van der Waals surface area contributed by atoms with Gasteiger partial charge in [0, 0.05) is 0 Å². The summed E-state index contributed by atoms with van der Waals surface area (Å²) >= 11 is 0. The Hall–Kier alpha value is -1.13. The van der Waals surface area contributed by atoms with Gasteiger partial charge in [0.25, 0.3) is 0 Å². The molecule has 2 rings (SSSR count). The number of rotatable bonds is 1. The molecule has 1 heteroatoms. The van der Waals surface area contributed by atoms with Gasteiger partial charge >= 0.3 is 0 Å². The Morgan fingerprint density at radius 2 is 1.69 bits per heavy atom. The summed E-state index contributed by atoms with van der Waals surface area (Å²) < 4.78 is 0. The van der Waals surface area contributed by atoms with Crippen molar-refractivity contribution in [3.05, 3.63) is 66.0 Å². The van der Waals surface area contributed by atoms with Crippen LogP contribution >= 0.6 is 8.58 Å². The van der Waals surface area contributed by atoms with Crippen LogP contribution in [0.5, 0.6) is 0 Å². The van der Waals surface area contributed by atoms with Gasteiger partial charge in [-0.05, 0) is 10.9 Å². The van der Waals surface area contributed by atoms with E-state index in [2.05, 4.69) is 60.5 Å². The maximum absolute atomic E-state index is 2.21. The smallest absolute Gasteiger partial charge is 0.0160 e. The van der Waals surface area contributed by atoms with Gasteiger partial charge in [0.1, 0.15) is 0 Å². The molecule has 1 aliphatic heterocycles. The molecular weight excluding hydrogens is 175 g/mol. The van der Waals surface area contributed by atoms with Crippen molar-refractivity contribution in [2.45, 2.75) is 0 Å². The van der Waals surface area contributed by atoms with Crippen molar-refractivity contribution in [2.24, 2.45) is 0 Å². The summed E-state index contributed by atoms with van der Waals surface area (Å²) in [6.07, 6.45) is 8.46. The van der Waals surface area contributed by atoms with Crippen molar-refractivity contribution in [1.82, 2.24) is 0 Å². The molecule has 1 aromatic rings. The third kappa shape index (κ3) is 2.17. The van der Waals surface area contributed by atoms with E-state index in [1.807, 2.05) is 0 Å². The van der Waals surface area contributed by atoms with Gasteiger partial charge in [0.05, 0.1) is 0 Å². The van der Waals surface area contributed by atoms with Gasteiger partial charge in [0.2, 0.25) is 0 Å². The SMILES string of the molecule is C1=CC=C(c2ccccc2)PC=C1. The zero-order chi connectivity index (χ0) is 8.93. The molecule has 0 saturated carbocycles. The van der Waals surface area contributed by atoms with E-state index >= 15 is 0 Å². The Kier molecular flexibility index (Phi) is 2.74. The number of benzene rings is 1. The van der Waals surface area contributed by atoms with Crippen LogP contribution in [0.1, 0.15) is 5.56 Å². The van der Waals surface area contributed by atoms with E-state index in [9.17, 15) is 0 Å². The van der Waals surface area contributed by atoms with Crippen LogP contribution in [0.25, 0.3) is 5.31 Å². The molecule has 0 aromatic heterocycles. The standard InChI is InChI=1S/C12H11P/c1-3-7-11(8-4-1)12-9-5-2-6-10-13-12/h1-10,13H. The molecule has 1 aromatic carbocycles. The minimum atomic E-state index is 0.781. The first-order valence-corrected chi connectivity index (χ1v) is 5.40. The lowest BCUT2D eigenvalue weighted by Gasteiger charge is -2.02. The van der Waals surface area contributed by atoms with Crippen molar-refractivity contribution in [1.29, 1.82) is 0 Å². The molecular formula is C12H11P. The molecule has 0 saturated heterocycles. The first kappa shape index (κ1) is 8.47. The molecule has 0 nitrogen and oxygen atoms in total. The van der Waals surface area contributed by atoms with E-state index in [0.29, 0.717) is 0 Å². The second kappa shape index (κ2) is 4.20. The fraction of sp³-hybridized carbons (Fsp3) is 0. The predicted octanol–water partition coefficient (Wildman–Crippen LogP) is 3.79. The summed E-state index contributed by atoms with van der Waals surface area (Å²) in [6.45, 7) is 0. The topological polar surface area (TPSA) is 0 Å². The average Bonchev–Trinajstić information content (AvgIpc) is 2.47. The van der Waals surface area contributed by atoms with Crippen molar-refractivity contribution < 1.29 is 0 Å². The molecule has 64 valence electrons. The fourth-order valence-corrected chi connectivity index (χ4v) is 2.17. The lowest BCUT2D eigenvalue weighted by atomic mass is 10.2. The lowest BCUT2D eigenvalue weighted by molar-refractivity contribution is 1.65. The van der Waals surface area contributed by atoms with E-state index in [0.717, 1.165) is 8.58 Å². The quantitative estimate of drug-likeness (QED) is 0.585. The second-order valence-electron chi connectivity index (χ2n) is 2.83. The Bertz CT molecular complexity index is 358. The first-order chi connectivity index (χ1) is 6.47. The van der Waals surface area contributed by atoms with Gasteiger partial charge in [-0.3, -0.25) is 0 Å². The normalized spacial score (nSPS) is 17.1. The zero-order valence-corrected chi connectivity index (χ0v) is 8.27. The molecule has 1 aliphatic rings. The Labute approximate surface area is 80.5 Å². The summed E-state index contributed by atoms with van der Waals surface area (Å²) in [5, 5.41) is 1.41. The Morgan fingerprint density at radius 3 is 2.54 bits per heavy atom. The summed E-state index contributed by atoms with van der Waals surface area (Å²) in [4.78, 5) is 0. The molecule has 0 amide bonds. The Morgan fingerprint density at radius 1 is 0.846 bits per heavy atom. The average molecular weight is 186 g/mol. The van der Waals surface area contributed by atoms with Crippen LogP contribution in [-0.2, 0) is 0 Å². The van der Waals surface area contributed by atoms with Crippen molar-refractivity contribution in [2.75, 3.05) is 0 Å². The van der Waals surface area contributed by atoms with Crippen LogP contribution in [0, 0.1) is 0 Å². The van der Waals surface area contributed by atoms with Crippen LogP contribution in [0.2, 0.25) is 0 Å². The molecule has 0 bridgehead atoms. The van der Waals surface area contributed by atoms with Gasteiger partial charge in [0.15, 0.2) is 0 Å². The van der Waals surface area contributed by atoms with Crippen LogP contribution in [-0.4, -0.2) is 0 Å². The molecule has 0 fully saturated rings. The van der Waals surface area contributed by atoms with Crippen LogP contribution in [0.4, 0.5) is 0 Å². The minimum Gasteiger partial charge on any atom is -0.0663 e. The Balaban J connectivity index is 2.32. The highest BCUT2D eigenvalue weighted by atomic mass is 31.1. The maximum Gasteiger partial charge on any atom is -0.0160 e. The molecule has 13 heavy (non-hydrogen) atoms. The van der Waals surface area contributed by atoms with Gasteiger partial charge in [-0.25, -0.2) is 0 Å². The van der Waals surface area contributed by atoms with E-state index < -0.39 is 0 Å². The van der Waals surface area contributed by atoms with E-state index in [-0.39, 0.29) is 0 Å². The van der Waals surface area contributed by atoms with Gasteiger partial charge in [-0.1, -0.05) is 69.0 Å². The second-order valence-corrected chi connectivity index (χ2v) is 4.00. The monoisotopic (exact) mass is 186 g/mol. The van der Waals surface area contributed by atoms with Gasteiger partial charge in [-0.15, -0.1) is 0 Å². The van der Waals surface area contributed by atoms with Gasteiger partial charge in [-0.2, -0.15) is 0 Å². The highest BCUT2D eigenvalue weighted by Gasteiger charge is 1.97. The van der Waals surface area contributed by atoms with E-state index in [4.69, 9.17) is 0 Å². The van der Waals surface area contributed by atoms with Crippen molar-refractivity contribution in [3.8, 4) is 0 Å². The maximum atomic E-state index is 2.21. The summed E-state index contributed by atoms with van der Waals surface area (Å²) in [5.41, 5.74) is 1.33. The molecule has 0 aliphatic carbocycles. The van der Waals surface area contributed by atoms with E-state index in [1.165, 1.54) is 10.9 Å². The minimum absolute atomic E-state index is 0.781. The van der Waals surface area contributed by atoms with Crippen molar-refractivity contribution in [3.63, 3.8) is 0 Å². The predicted molar refractivity (Wildman–Crippen MR) is 61.0 cm³/mol. The molecule has 0 N–H and O–H groups in total. The van der Waals surface area contributed by atoms with Crippen LogP contribution in [0.15, 0.2) is 60.5 Å². The molecule has 1 heterocycles. The van der Waals surface area contributed by atoms with Crippen LogP contribution in [0.3, 0.4) is 0 Å². The summed E-state index contributed by atoms with van der Waals surface area (Å²) in [6, 6.07) is 10.5. The highest BCUT2D eigenvalue weighted by molar-refractivity contribution is 7.53. The molecule has 1 atom stereocenters. The fourth-order valence-electron chi connectivity index (χ4n) is 1.25. The lowest BCUT2D eigenvalue weighted by Crippen LogP contribution is -1.74. The largest absolute Gasteiger partial charge is 0.0663 e. The van der Waals surface area contributed by atoms with Crippen LogP contribution < -0.4 is 0 Å². The third-order valence-electron chi connectivity index (χ3n) is 1.90. The zero-order valence-electron chi connectivity index (χ0n) is 7.27. The van der Waals surface area contributed by atoms with Crippen molar-refractivity contribution >= 4 is 13.9 Å².